The van der Waals surface area contributed by atoms with E-state index in [0.717, 1.165) is 0 Å². The van der Waals surface area contributed by atoms with Crippen LogP contribution in [0, 0.1) is 5.41 Å². The van der Waals surface area contributed by atoms with Gasteiger partial charge in [-0.05, 0) is 0 Å². The Bertz CT molecular complexity index is 236. The van der Waals surface area contributed by atoms with Gasteiger partial charge in [-0.15, -0.1) is 0 Å². The summed E-state index contributed by atoms with van der Waals surface area (Å²) in [7, 11) is 0. The van der Waals surface area contributed by atoms with Crippen molar-refractivity contribution < 1.29 is 4.79 Å². The predicted molar refractivity (Wildman–Crippen MR) is 61.0 cm³/mol. The quantitative estimate of drug-likeness (QED) is 0.553. The van der Waals surface area contributed by atoms with Gasteiger partial charge in [0.2, 0.25) is 5.91 Å². The lowest BCUT2D eigenvalue weighted by Gasteiger charge is -2.02. The van der Waals surface area contributed by atoms with E-state index in [1.807, 2.05) is 13.8 Å². The molecule has 0 aliphatic carbocycles. The Balaban J connectivity index is 0. The lowest BCUT2D eigenvalue weighted by molar-refractivity contribution is -0.119. The van der Waals surface area contributed by atoms with Crippen LogP contribution in [0.15, 0.2) is 17.8 Å². The average molecular weight is 218 g/mol. The first kappa shape index (κ1) is 15.3. The molecule has 14 heavy (non-hydrogen) atoms. The Hall–Kier alpha value is -1.16. The zero-order chi connectivity index (χ0) is 11.6. The van der Waals surface area contributed by atoms with Crippen LogP contribution in [0.1, 0.15) is 27.2 Å². The van der Waals surface area contributed by atoms with Crippen LogP contribution < -0.4 is 5.32 Å². The molecule has 0 spiro atoms. The number of rotatable bonds is 3. The summed E-state index contributed by atoms with van der Waals surface area (Å²) in [5, 5.41) is 9.04. The molecule has 0 fully saturated rings. The molecule has 5 heteroatoms. The third kappa shape index (κ3) is 7.49. The third-order valence-corrected chi connectivity index (χ3v) is 1.19. The monoisotopic (exact) mass is 217 g/mol. The van der Waals surface area contributed by atoms with E-state index in [1.165, 1.54) is 6.20 Å². The van der Waals surface area contributed by atoms with Gasteiger partial charge in [-0.25, -0.2) is 4.99 Å². The Morgan fingerprint density at radius 2 is 2.14 bits per heavy atom. The van der Waals surface area contributed by atoms with Gasteiger partial charge < -0.3 is 5.32 Å². The van der Waals surface area contributed by atoms with Crippen LogP contribution in [0.25, 0.3) is 0 Å². The first-order valence-corrected chi connectivity index (χ1v) is 4.72. The highest BCUT2D eigenvalue weighted by Crippen LogP contribution is 1.87. The molecule has 0 heterocycles. The minimum Gasteiger partial charge on any atom is -0.308 e. The Morgan fingerprint density at radius 1 is 1.64 bits per heavy atom. The van der Waals surface area contributed by atoms with Crippen LogP contribution in [0.4, 0.5) is 0 Å². The van der Waals surface area contributed by atoms with Gasteiger partial charge >= 0.3 is 0 Å². The number of halogens is 1. The van der Waals surface area contributed by atoms with Crippen LogP contribution in [-0.4, -0.2) is 16.9 Å². The molecular weight excluding hydrogens is 202 g/mol. The number of amides is 1. The van der Waals surface area contributed by atoms with Crippen LogP contribution in [-0.2, 0) is 4.79 Å². The van der Waals surface area contributed by atoms with Gasteiger partial charge in [-0.3, -0.25) is 10.2 Å². The van der Waals surface area contributed by atoms with Gasteiger partial charge in [0.25, 0.3) is 0 Å². The summed E-state index contributed by atoms with van der Waals surface area (Å²) < 4.78 is 0. The molecule has 2 N–H and O–H groups in total. The van der Waals surface area contributed by atoms with Crippen molar-refractivity contribution in [2.24, 2.45) is 4.99 Å². The number of hydrogen-bond acceptors (Lipinski definition) is 3. The molecule has 0 atom stereocenters. The fraction of sp³-hybridized carbons (Fsp3) is 0.444. The minimum absolute atomic E-state index is 0.0264. The van der Waals surface area contributed by atoms with E-state index in [1.54, 1.807) is 6.92 Å². The maximum atomic E-state index is 10.8. The van der Waals surface area contributed by atoms with E-state index in [0.29, 0.717) is 6.42 Å². The molecule has 80 valence electrons. The van der Waals surface area contributed by atoms with Gasteiger partial charge in [0.15, 0.2) is 11.0 Å². The van der Waals surface area contributed by atoms with Gasteiger partial charge in [0, 0.05) is 12.6 Å². The fourth-order valence-corrected chi connectivity index (χ4v) is 0.552. The van der Waals surface area contributed by atoms with Gasteiger partial charge in [0.1, 0.15) is 0 Å². The molecule has 0 bridgehead atoms. The molecular formula is C9H16ClN3O. The summed E-state index contributed by atoms with van der Waals surface area (Å²) >= 11 is 5.31. The second kappa shape index (κ2) is 9.92. The maximum Gasteiger partial charge on any atom is 0.225 e. The van der Waals surface area contributed by atoms with E-state index in [2.05, 4.69) is 16.9 Å². The summed E-state index contributed by atoms with van der Waals surface area (Å²) in [6, 6.07) is 0. The predicted octanol–water partition coefficient (Wildman–Crippen LogP) is 2.30. The number of carbonyl (C=O) groups excluding carboxylic acids is 1. The van der Waals surface area contributed by atoms with Crippen LogP contribution in [0.2, 0.25) is 0 Å². The number of nitrogens with one attached hydrogen (secondary N) is 2. The highest BCUT2D eigenvalue weighted by atomic mass is 35.5. The summed E-state index contributed by atoms with van der Waals surface area (Å²) in [5.74, 6) is -0.209. The lowest BCUT2D eigenvalue weighted by atomic mass is 10.4. The molecule has 0 saturated heterocycles. The van der Waals surface area contributed by atoms with E-state index < -0.39 is 0 Å². The van der Waals surface area contributed by atoms with Crippen molar-refractivity contribution in [1.82, 2.24) is 5.32 Å². The smallest absolute Gasteiger partial charge is 0.225 e. The SMILES string of the molecule is C=CN=C(NC(=O)CC)C(=N)Cl.CC. The lowest BCUT2D eigenvalue weighted by Crippen LogP contribution is -2.33. The molecule has 0 saturated carbocycles. The molecule has 0 aromatic rings. The normalized spacial score (nSPS) is 9.57. The van der Waals surface area contributed by atoms with Crippen molar-refractivity contribution in [3.05, 3.63) is 12.8 Å². The van der Waals surface area contributed by atoms with E-state index in [4.69, 9.17) is 17.0 Å². The molecule has 4 nitrogen and oxygen atoms in total. The molecule has 0 aromatic heterocycles. The van der Waals surface area contributed by atoms with E-state index >= 15 is 0 Å². The molecule has 0 radical (unpaired) electrons. The largest absolute Gasteiger partial charge is 0.308 e. The van der Waals surface area contributed by atoms with Crippen molar-refractivity contribution in [2.45, 2.75) is 27.2 Å². The highest BCUT2D eigenvalue weighted by molar-refractivity contribution is 6.83. The summed E-state index contributed by atoms with van der Waals surface area (Å²) in [4.78, 5) is 14.4. The number of aliphatic imine (C=N–C) groups is 1. The molecule has 0 aliphatic heterocycles. The first-order valence-electron chi connectivity index (χ1n) is 4.34. The zero-order valence-corrected chi connectivity index (χ0v) is 9.48. The van der Waals surface area contributed by atoms with E-state index in [-0.39, 0.29) is 16.9 Å². The van der Waals surface area contributed by atoms with Crippen molar-refractivity contribution in [2.75, 3.05) is 0 Å². The summed E-state index contributed by atoms with van der Waals surface area (Å²) in [6.45, 7) is 9.02. The van der Waals surface area contributed by atoms with Crippen molar-refractivity contribution >= 4 is 28.5 Å². The Morgan fingerprint density at radius 3 is 2.43 bits per heavy atom. The van der Waals surface area contributed by atoms with E-state index in [9.17, 15) is 4.79 Å². The minimum atomic E-state index is -0.309. The topological polar surface area (TPSA) is 65.3 Å². The number of hydrogen-bond donors (Lipinski definition) is 2. The Kier molecular flexibility index (Phi) is 10.9. The molecule has 0 unspecified atom stereocenters. The number of nitrogens with zero attached hydrogens (tertiary/aromatic N) is 1. The molecule has 1 amide bonds. The maximum absolute atomic E-state index is 10.8. The van der Waals surface area contributed by atoms with Gasteiger partial charge in [-0.1, -0.05) is 39.0 Å². The Labute approximate surface area is 89.6 Å². The fourth-order valence-electron chi connectivity index (χ4n) is 0.456. The zero-order valence-electron chi connectivity index (χ0n) is 8.72. The molecule has 0 aliphatic rings. The molecule has 0 aromatic carbocycles. The van der Waals surface area contributed by atoms with Gasteiger partial charge in [-0.2, -0.15) is 0 Å². The summed E-state index contributed by atoms with van der Waals surface area (Å²) in [6.07, 6.45) is 1.53. The average Bonchev–Trinajstić information content (AvgIpc) is 2.19. The second-order valence-corrected chi connectivity index (χ2v) is 2.25. The molecule has 0 rings (SSSR count). The summed E-state index contributed by atoms with van der Waals surface area (Å²) in [5.41, 5.74) is 0. The first-order chi connectivity index (χ1) is 6.61. The standard InChI is InChI=1S/C7H10ClN3O.C2H6/c1-3-5(12)11-7(6(8)9)10-4-2;1-2/h4,9H,2-3H2,1H3,(H,10,11,12);1-2H3. The highest BCUT2D eigenvalue weighted by Gasteiger charge is 2.06. The van der Waals surface area contributed by atoms with Crippen molar-refractivity contribution in [3.63, 3.8) is 0 Å². The van der Waals surface area contributed by atoms with Crippen LogP contribution >= 0.6 is 11.6 Å². The van der Waals surface area contributed by atoms with Gasteiger partial charge in [0.05, 0.1) is 0 Å². The number of carbonyl (C=O) groups is 1. The van der Waals surface area contributed by atoms with Crippen molar-refractivity contribution in [1.29, 1.82) is 5.41 Å². The van der Waals surface area contributed by atoms with Crippen molar-refractivity contribution in [3.8, 4) is 0 Å². The third-order valence-electron chi connectivity index (χ3n) is 1.01. The number of amidine groups is 1. The van der Waals surface area contributed by atoms with Crippen LogP contribution in [0.5, 0.6) is 0 Å². The van der Waals surface area contributed by atoms with Crippen LogP contribution in [0.3, 0.4) is 0 Å². The second-order valence-electron chi connectivity index (χ2n) is 1.88.